The predicted octanol–water partition coefficient (Wildman–Crippen LogP) is 2.40. The van der Waals surface area contributed by atoms with E-state index in [-0.39, 0.29) is 12.5 Å². The fraction of sp³-hybridized carbons (Fsp3) is 0.333. The van der Waals surface area contributed by atoms with Crippen LogP contribution in [0.1, 0.15) is 40.6 Å². The summed E-state index contributed by atoms with van der Waals surface area (Å²) in [4.78, 5) is 14.0. The van der Waals surface area contributed by atoms with E-state index in [1.807, 2.05) is 43.3 Å². The average molecular weight is 309 g/mol. The summed E-state index contributed by atoms with van der Waals surface area (Å²) in [5, 5.41) is 6.53. The van der Waals surface area contributed by atoms with Gasteiger partial charge in [0.25, 0.3) is 5.91 Å². The highest BCUT2D eigenvalue weighted by atomic mass is 16.5. The molecule has 0 unspecified atom stereocenters. The molecule has 1 aliphatic carbocycles. The standard InChI is InChI=1S/C18H19N3O2/c1-21(2)15-9-5-13(6-10-15)4-3-11-19-18(22)16-12-17(23-20-16)14-7-8-14/h5-6,9-10,12,14H,7-8,11H2,1-2H3,(H,19,22). The van der Waals surface area contributed by atoms with Crippen molar-refractivity contribution in [3.63, 3.8) is 0 Å². The van der Waals surface area contributed by atoms with Crippen LogP contribution in [0.15, 0.2) is 34.9 Å². The lowest BCUT2D eigenvalue weighted by molar-refractivity contribution is 0.0949. The van der Waals surface area contributed by atoms with Gasteiger partial charge in [0.1, 0.15) is 5.76 Å². The van der Waals surface area contributed by atoms with E-state index in [1.165, 1.54) is 0 Å². The van der Waals surface area contributed by atoms with Crippen LogP contribution >= 0.6 is 0 Å². The van der Waals surface area contributed by atoms with Crippen LogP contribution in [0, 0.1) is 11.8 Å². The zero-order chi connectivity index (χ0) is 16.2. The Labute approximate surface area is 135 Å². The highest BCUT2D eigenvalue weighted by Gasteiger charge is 2.28. The quantitative estimate of drug-likeness (QED) is 0.881. The topological polar surface area (TPSA) is 58.4 Å². The van der Waals surface area contributed by atoms with Crippen LogP contribution < -0.4 is 10.2 Å². The number of aromatic nitrogens is 1. The largest absolute Gasteiger partial charge is 0.378 e. The second-order valence-corrected chi connectivity index (χ2v) is 5.81. The Morgan fingerprint density at radius 2 is 2.09 bits per heavy atom. The number of nitrogens with one attached hydrogen (secondary N) is 1. The first-order valence-corrected chi connectivity index (χ1v) is 7.64. The molecule has 3 rings (SSSR count). The maximum Gasteiger partial charge on any atom is 0.274 e. The van der Waals surface area contributed by atoms with Crippen molar-refractivity contribution in [2.24, 2.45) is 0 Å². The third kappa shape index (κ3) is 3.92. The van der Waals surface area contributed by atoms with Crippen molar-refractivity contribution in [1.29, 1.82) is 0 Å². The summed E-state index contributed by atoms with van der Waals surface area (Å²) in [5.74, 6) is 6.97. The third-order valence-electron chi connectivity index (χ3n) is 3.69. The van der Waals surface area contributed by atoms with Crippen molar-refractivity contribution in [2.75, 3.05) is 25.5 Å². The number of rotatable bonds is 4. The number of hydrogen-bond acceptors (Lipinski definition) is 4. The molecular formula is C18H19N3O2. The second-order valence-electron chi connectivity index (χ2n) is 5.81. The molecule has 5 nitrogen and oxygen atoms in total. The molecule has 1 N–H and O–H groups in total. The van der Waals surface area contributed by atoms with Gasteiger partial charge in [0.15, 0.2) is 5.69 Å². The molecule has 5 heteroatoms. The van der Waals surface area contributed by atoms with Gasteiger partial charge in [-0.05, 0) is 37.1 Å². The van der Waals surface area contributed by atoms with Crippen molar-refractivity contribution < 1.29 is 9.32 Å². The molecule has 1 amide bonds. The van der Waals surface area contributed by atoms with Gasteiger partial charge in [-0.2, -0.15) is 0 Å². The molecule has 2 aromatic rings. The minimum absolute atomic E-state index is 0.252. The fourth-order valence-corrected chi connectivity index (χ4v) is 2.16. The second kappa shape index (κ2) is 6.57. The van der Waals surface area contributed by atoms with Gasteiger partial charge in [0.05, 0.1) is 6.54 Å². The van der Waals surface area contributed by atoms with Crippen LogP contribution in [0.2, 0.25) is 0 Å². The summed E-state index contributed by atoms with van der Waals surface area (Å²) in [5.41, 5.74) is 2.37. The number of nitrogens with zero attached hydrogens (tertiary/aromatic N) is 2. The molecule has 1 heterocycles. The molecule has 0 aliphatic heterocycles. The van der Waals surface area contributed by atoms with Crippen molar-refractivity contribution in [3.8, 4) is 11.8 Å². The van der Waals surface area contributed by atoms with E-state index in [0.717, 1.165) is 29.9 Å². The van der Waals surface area contributed by atoms with Gasteiger partial charge < -0.3 is 14.7 Å². The number of anilines is 1. The number of benzene rings is 1. The Morgan fingerprint density at radius 3 is 2.74 bits per heavy atom. The molecule has 1 fully saturated rings. The third-order valence-corrected chi connectivity index (χ3v) is 3.69. The number of carbonyl (C=O) groups excluding carboxylic acids is 1. The van der Waals surface area contributed by atoms with Crippen molar-refractivity contribution in [3.05, 3.63) is 47.3 Å². The monoisotopic (exact) mass is 309 g/mol. The summed E-state index contributed by atoms with van der Waals surface area (Å²) in [6.45, 7) is 0.278. The Morgan fingerprint density at radius 1 is 1.35 bits per heavy atom. The van der Waals surface area contributed by atoms with E-state index in [4.69, 9.17) is 4.52 Å². The molecule has 0 spiro atoms. The first kappa shape index (κ1) is 15.2. The highest BCUT2D eigenvalue weighted by molar-refractivity contribution is 5.92. The summed E-state index contributed by atoms with van der Waals surface area (Å²) in [6.07, 6.45) is 2.24. The van der Waals surface area contributed by atoms with Gasteiger partial charge in [-0.25, -0.2) is 0 Å². The SMILES string of the molecule is CN(C)c1ccc(C#CCNC(=O)c2cc(C3CC3)on2)cc1. The van der Waals surface area contributed by atoms with Gasteiger partial charge in [-0.15, -0.1) is 0 Å². The molecule has 1 aliphatic rings. The molecule has 0 radical (unpaired) electrons. The molecule has 0 bridgehead atoms. The Kier molecular flexibility index (Phi) is 4.33. The summed E-state index contributed by atoms with van der Waals surface area (Å²) in [6, 6.07) is 9.67. The summed E-state index contributed by atoms with van der Waals surface area (Å²) in [7, 11) is 3.99. The van der Waals surface area contributed by atoms with E-state index >= 15 is 0 Å². The van der Waals surface area contributed by atoms with Crippen LogP contribution in [0.3, 0.4) is 0 Å². The van der Waals surface area contributed by atoms with E-state index in [1.54, 1.807) is 6.07 Å². The van der Waals surface area contributed by atoms with E-state index in [0.29, 0.717) is 11.6 Å². The maximum atomic E-state index is 11.9. The number of hydrogen-bond donors (Lipinski definition) is 1. The van der Waals surface area contributed by atoms with E-state index < -0.39 is 0 Å². The van der Waals surface area contributed by atoms with Crippen LogP contribution in [-0.2, 0) is 0 Å². The fourth-order valence-electron chi connectivity index (χ4n) is 2.16. The Bertz CT molecular complexity index is 747. The van der Waals surface area contributed by atoms with Crippen molar-refractivity contribution in [2.45, 2.75) is 18.8 Å². The van der Waals surface area contributed by atoms with Crippen LogP contribution in [0.25, 0.3) is 0 Å². The molecule has 1 aromatic heterocycles. The Hall–Kier alpha value is -2.74. The summed E-state index contributed by atoms with van der Waals surface area (Å²) < 4.78 is 5.16. The average Bonchev–Trinajstić information content (AvgIpc) is 3.29. The molecule has 1 aromatic carbocycles. The van der Waals surface area contributed by atoms with Crippen molar-refractivity contribution in [1.82, 2.24) is 10.5 Å². The lowest BCUT2D eigenvalue weighted by Crippen LogP contribution is -2.23. The van der Waals surface area contributed by atoms with Gasteiger partial charge >= 0.3 is 0 Å². The zero-order valence-electron chi connectivity index (χ0n) is 13.3. The molecular weight excluding hydrogens is 290 g/mol. The van der Waals surface area contributed by atoms with Gasteiger partial charge in [0.2, 0.25) is 0 Å². The van der Waals surface area contributed by atoms with Gasteiger partial charge in [-0.3, -0.25) is 4.79 Å². The predicted molar refractivity (Wildman–Crippen MR) is 88.5 cm³/mol. The smallest absolute Gasteiger partial charge is 0.274 e. The Balaban J connectivity index is 1.51. The normalized spacial score (nSPS) is 13.1. The van der Waals surface area contributed by atoms with Crippen LogP contribution in [-0.4, -0.2) is 31.7 Å². The van der Waals surface area contributed by atoms with Gasteiger partial charge in [0, 0.05) is 37.3 Å². The molecule has 0 atom stereocenters. The minimum atomic E-state index is -0.252. The molecule has 118 valence electrons. The van der Waals surface area contributed by atoms with Crippen LogP contribution in [0.4, 0.5) is 5.69 Å². The molecule has 23 heavy (non-hydrogen) atoms. The number of amides is 1. The summed E-state index contributed by atoms with van der Waals surface area (Å²) >= 11 is 0. The maximum absolute atomic E-state index is 11.9. The molecule has 0 saturated heterocycles. The lowest BCUT2D eigenvalue weighted by atomic mass is 10.2. The first-order valence-electron chi connectivity index (χ1n) is 7.64. The number of carbonyl (C=O) groups is 1. The highest BCUT2D eigenvalue weighted by Crippen LogP contribution is 2.40. The van der Waals surface area contributed by atoms with Crippen LogP contribution in [0.5, 0.6) is 0 Å². The molecule has 1 saturated carbocycles. The van der Waals surface area contributed by atoms with E-state index in [9.17, 15) is 4.79 Å². The van der Waals surface area contributed by atoms with Gasteiger partial charge in [-0.1, -0.05) is 17.0 Å². The minimum Gasteiger partial charge on any atom is -0.378 e. The zero-order valence-corrected chi connectivity index (χ0v) is 13.3. The first-order chi connectivity index (χ1) is 11.1. The van der Waals surface area contributed by atoms with Crippen molar-refractivity contribution >= 4 is 11.6 Å². The van der Waals surface area contributed by atoms with E-state index in [2.05, 4.69) is 22.3 Å². The lowest BCUT2D eigenvalue weighted by Gasteiger charge is -2.11.